The number of carbonyl (C=O) groups excluding carboxylic acids is 1. The second kappa shape index (κ2) is 6.45. The maximum absolute atomic E-state index is 12.9. The summed E-state index contributed by atoms with van der Waals surface area (Å²) in [6.07, 6.45) is 0.696. The number of aliphatic hydroxyl groups excluding tert-OH is 1. The summed E-state index contributed by atoms with van der Waals surface area (Å²) < 4.78 is 12.9. The van der Waals surface area contributed by atoms with E-state index >= 15 is 0 Å². The summed E-state index contributed by atoms with van der Waals surface area (Å²) in [5.41, 5.74) is 1.16. The van der Waals surface area contributed by atoms with Crippen molar-refractivity contribution in [3.05, 3.63) is 59.5 Å². The summed E-state index contributed by atoms with van der Waals surface area (Å²) >= 11 is 0. The molecule has 0 saturated heterocycles. The average Bonchev–Trinajstić information content (AvgIpc) is 2.47. The maximum atomic E-state index is 12.9. The number of Topliss-reactive ketones (excluding diaryl/α,β-unsaturated/α-hetero) is 1. The Hall–Kier alpha value is -2.27. The quantitative estimate of drug-likeness (QED) is 0.830. The van der Waals surface area contributed by atoms with Gasteiger partial charge in [0.05, 0.1) is 12.1 Å². The normalized spacial score (nSPS) is 13.5. The van der Waals surface area contributed by atoms with Crippen molar-refractivity contribution in [2.75, 3.05) is 5.32 Å². The van der Waals surface area contributed by atoms with Gasteiger partial charge in [0.2, 0.25) is 0 Å². The van der Waals surface area contributed by atoms with Crippen molar-refractivity contribution in [1.82, 2.24) is 4.98 Å². The third-order valence-electron chi connectivity index (χ3n) is 3.23. The van der Waals surface area contributed by atoms with E-state index in [0.29, 0.717) is 16.9 Å². The van der Waals surface area contributed by atoms with Crippen molar-refractivity contribution in [3.8, 4) is 0 Å². The van der Waals surface area contributed by atoms with Crippen molar-refractivity contribution < 1.29 is 14.3 Å². The number of anilines is 1. The molecule has 0 spiro atoms. The number of benzene rings is 1. The molecule has 1 aromatic heterocycles. The topological polar surface area (TPSA) is 62.2 Å². The lowest BCUT2D eigenvalue weighted by atomic mass is 10.0. The maximum Gasteiger partial charge on any atom is 0.161 e. The number of hydrogen-bond donors (Lipinski definition) is 2. The highest BCUT2D eigenvalue weighted by Crippen LogP contribution is 2.20. The van der Waals surface area contributed by atoms with Crippen LogP contribution in [0, 0.1) is 5.82 Å². The second-order valence-corrected chi connectivity index (χ2v) is 4.92. The van der Waals surface area contributed by atoms with Crippen LogP contribution in [0.2, 0.25) is 0 Å². The van der Waals surface area contributed by atoms with E-state index in [1.807, 2.05) is 0 Å². The molecule has 0 fully saturated rings. The van der Waals surface area contributed by atoms with E-state index in [1.165, 1.54) is 25.3 Å². The monoisotopic (exact) mass is 288 g/mol. The summed E-state index contributed by atoms with van der Waals surface area (Å²) in [4.78, 5) is 15.3. The Labute approximate surface area is 122 Å². The lowest BCUT2D eigenvalue weighted by Crippen LogP contribution is -2.24. The molecule has 4 nitrogen and oxygen atoms in total. The molecule has 0 unspecified atom stereocenters. The first-order chi connectivity index (χ1) is 9.97. The van der Waals surface area contributed by atoms with Gasteiger partial charge in [0.1, 0.15) is 11.6 Å². The molecule has 0 aliphatic carbocycles. The van der Waals surface area contributed by atoms with Gasteiger partial charge in [-0.05, 0) is 43.7 Å². The van der Waals surface area contributed by atoms with Crippen LogP contribution >= 0.6 is 0 Å². The Morgan fingerprint density at radius 3 is 2.43 bits per heavy atom. The first-order valence-corrected chi connectivity index (χ1v) is 6.64. The number of hydrogen-bond acceptors (Lipinski definition) is 4. The summed E-state index contributed by atoms with van der Waals surface area (Å²) in [6.45, 7) is 3.28. The van der Waals surface area contributed by atoms with E-state index in [2.05, 4.69) is 10.3 Å². The van der Waals surface area contributed by atoms with Gasteiger partial charge in [-0.25, -0.2) is 9.37 Å². The molecule has 21 heavy (non-hydrogen) atoms. The Morgan fingerprint density at radius 1 is 1.24 bits per heavy atom. The van der Waals surface area contributed by atoms with Crippen LogP contribution in [-0.2, 0) is 0 Å². The number of pyridine rings is 1. The molecule has 2 aromatic rings. The van der Waals surface area contributed by atoms with E-state index < -0.39 is 6.10 Å². The van der Waals surface area contributed by atoms with Gasteiger partial charge in [0, 0.05) is 11.8 Å². The van der Waals surface area contributed by atoms with Crippen molar-refractivity contribution >= 4 is 11.6 Å². The van der Waals surface area contributed by atoms with Crippen LogP contribution in [-0.4, -0.2) is 21.9 Å². The van der Waals surface area contributed by atoms with Crippen molar-refractivity contribution in [2.24, 2.45) is 0 Å². The van der Waals surface area contributed by atoms with Crippen molar-refractivity contribution in [2.45, 2.75) is 26.0 Å². The van der Waals surface area contributed by atoms with Gasteiger partial charge in [-0.1, -0.05) is 12.1 Å². The molecule has 0 saturated carbocycles. The van der Waals surface area contributed by atoms with E-state index in [-0.39, 0.29) is 17.6 Å². The lowest BCUT2D eigenvalue weighted by molar-refractivity contribution is 0.101. The van der Waals surface area contributed by atoms with Gasteiger partial charge in [-0.3, -0.25) is 4.79 Å². The number of nitrogens with one attached hydrogen (secondary N) is 1. The first-order valence-electron chi connectivity index (χ1n) is 6.64. The third kappa shape index (κ3) is 3.86. The number of aliphatic hydroxyl groups is 1. The van der Waals surface area contributed by atoms with Gasteiger partial charge in [-0.2, -0.15) is 0 Å². The highest BCUT2D eigenvalue weighted by atomic mass is 19.1. The molecule has 5 heteroatoms. The molecular weight excluding hydrogens is 271 g/mol. The van der Waals surface area contributed by atoms with Crippen LogP contribution < -0.4 is 5.32 Å². The predicted octanol–water partition coefficient (Wildman–Crippen LogP) is 2.96. The second-order valence-electron chi connectivity index (χ2n) is 4.92. The number of carbonyl (C=O) groups is 1. The average molecular weight is 288 g/mol. The van der Waals surface area contributed by atoms with E-state index in [9.17, 15) is 14.3 Å². The molecule has 1 heterocycles. The van der Waals surface area contributed by atoms with Crippen molar-refractivity contribution in [1.29, 1.82) is 0 Å². The van der Waals surface area contributed by atoms with Gasteiger partial charge in [0.15, 0.2) is 5.78 Å². The molecule has 0 radical (unpaired) electrons. The molecule has 0 bridgehead atoms. The summed E-state index contributed by atoms with van der Waals surface area (Å²) in [5.74, 6) is 0.176. The summed E-state index contributed by atoms with van der Waals surface area (Å²) in [7, 11) is 0. The van der Waals surface area contributed by atoms with Gasteiger partial charge < -0.3 is 10.4 Å². The van der Waals surface area contributed by atoms with Crippen LogP contribution in [0.3, 0.4) is 0 Å². The Bertz CT molecular complexity index is 611. The van der Waals surface area contributed by atoms with Crippen LogP contribution in [0.5, 0.6) is 0 Å². The number of halogens is 1. The molecular formula is C16H17FN2O2. The van der Waals surface area contributed by atoms with Crippen LogP contribution in [0.4, 0.5) is 10.2 Å². The molecule has 0 aliphatic rings. The minimum absolute atomic E-state index is 0.0477. The predicted molar refractivity (Wildman–Crippen MR) is 78.7 cm³/mol. The Morgan fingerprint density at radius 2 is 1.90 bits per heavy atom. The SMILES string of the molecule is CC(=O)c1ccc(N[C@H](C)[C@@H](O)c2ccc(F)cc2)nc1. The summed E-state index contributed by atoms with van der Waals surface area (Å²) in [5, 5.41) is 13.3. The fraction of sp³-hybridized carbons (Fsp3) is 0.250. The standard InChI is InChI=1S/C16H17FN2O2/c1-10(16(21)12-3-6-14(17)7-4-12)19-15-8-5-13(9-18-15)11(2)20/h3-10,16,21H,1-2H3,(H,18,19)/t10-,16-/m1/s1. The number of rotatable bonds is 5. The molecule has 2 atom stereocenters. The number of aromatic nitrogens is 1. The fourth-order valence-corrected chi connectivity index (χ4v) is 1.95. The van der Waals surface area contributed by atoms with Crippen LogP contribution in [0.25, 0.3) is 0 Å². The van der Waals surface area contributed by atoms with Gasteiger partial charge in [0.25, 0.3) is 0 Å². The van der Waals surface area contributed by atoms with Crippen LogP contribution in [0.1, 0.15) is 35.9 Å². The highest BCUT2D eigenvalue weighted by molar-refractivity contribution is 5.93. The number of ketones is 1. The minimum atomic E-state index is -0.792. The largest absolute Gasteiger partial charge is 0.386 e. The third-order valence-corrected chi connectivity index (χ3v) is 3.23. The summed E-state index contributed by atoms with van der Waals surface area (Å²) in [6, 6.07) is 8.76. The zero-order valence-corrected chi connectivity index (χ0v) is 11.9. The van der Waals surface area contributed by atoms with Gasteiger partial charge in [-0.15, -0.1) is 0 Å². The smallest absolute Gasteiger partial charge is 0.161 e. The zero-order chi connectivity index (χ0) is 15.4. The van der Waals surface area contributed by atoms with E-state index in [4.69, 9.17) is 0 Å². The van der Waals surface area contributed by atoms with E-state index in [0.717, 1.165) is 0 Å². The molecule has 2 rings (SSSR count). The molecule has 2 N–H and O–H groups in total. The molecule has 0 amide bonds. The minimum Gasteiger partial charge on any atom is -0.386 e. The number of nitrogens with zero attached hydrogens (tertiary/aromatic N) is 1. The molecule has 0 aliphatic heterocycles. The lowest BCUT2D eigenvalue weighted by Gasteiger charge is -2.21. The van der Waals surface area contributed by atoms with Crippen LogP contribution in [0.15, 0.2) is 42.6 Å². The molecule has 1 aromatic carbocycles. The van der Waals surface area contributed by atoms with Crippen molar-refractivity contribution in [3.63, 3.8) is 0 Å². The Kier molecular flexibility index (Phi) is 4.65. The first kappa shape index (κ1) is 15.1. The zero-order valence-electron chi connectivity index (χ0n) is 11.9. The Balaban J connectivity index is 2.04. The molecule has 110 valence electrons. The van der Waals surface area contributed by atoms with E-state index in [1.54, 1.807) is 31.2 Å². The highest BCUT2D eigenvalue weighted by Gasteiger charge is 2.16. The fourth-order valence-electron chi connectivity index (χ4n) is 1.95. The van der Waals surface area contributed by atoms with Gasteiger partial charge >= 0.3 is 0 Å².